The summed E-state index contributed by atoms with van der Waals surface area (Å²) in [6.07, 6.45) is 8.72. The highest BCUT2D eigenvalue weighted by Gasteiger charge is 2.16. The number of aromatic nitrogens is 1. The van der Waals surface area contributed by atoms with Crippen LogP contribution >= 0.6 is 0 Å². The minimum Gasteiger partial charge on any atom is -0.264 e. The molecule has 0 atom stereocenters. The van der Waals surface area contributed by atoms with Crippen molar-refractivity contribution in [1.29, 1.82) is 0 Å². The van der Waals surface area contributed by atoms with Gasteiger partial charge in [0.25, 0.3) is 0 Å². The molecule has 0 saturated heterocycles. The summed E-state index contributed by atoms with van der Waals surface area (Å²) in [6.45, 7) is 0. The van der Waals surface area contributed by atoms with E-state index in [1.807, 2.05) is 24.7 Å². The average Bonchev–Trinajstić information content (AvgIpc) is 2.61. The van der Waals surface area contributed by atoms with Gasteiger partial charge in [0, 0.05) is 25.0 Å². The fraction of sp³-hybridized carbons (Fsp3) is 0.0909. The van der Waals surface area contributed by atoms with Crippen LogP contribution in [0.3, 0.4) is 0 Å². The summed E-state index contributed by atoms with van der Waals surface area (Å²) in [5, 5.41) is 0. The molecule has 1 aliphatic carbocycles. The molecular weight excluding hydrogens is 160 g/mol. The number of rotatable bonds is 0. The maximum Gasteiger partial charge on any atom is 0.0671 e. The van der Waals surface area contributed by atoms with Crippen molar-refractivity contribution in [2.45, 2.75) is 6.42 Å². The van der Waals surface area contributed by atoms with Gasteiger partial charge >= 0.3 is 0 Å². The third-order valence-corrected chi connectivity index (χ3v) is 2.41. The first-order chi connectivity index (χ1) is 6.43. The topological polar surface area (TPSA) is 25.2 Å². The van der Waals surface area contributed by atoms with Gasteiger partial charge < -0.3 is 0 Å². The van der Waals surface area contributed by atoms with Crippen LogP contribution in [0.1, 0.15) is 11.3 Å². The lowest BCUT2D eigenvalue weighted by molar-refractivity contribution is 1.10. The molecule has 0 amide bonds. The van der Waals surface area contributed by atoms with Crippen molar-refractivity contribution in [2.75, 3.05) is 0 Å². The first-order valence-corrected chi connectivity index (χ1v) is 4.32. The molecule has 0 aromatic carbocycles. The monoisotopic (exact) mass is 168 g/mol. The summed E-state index contributed by atoms with van der Waals surface area (Å²) in [4.78, 5) is 8.44. The number of hydrogen-bond acceptors (Lipinski definition) is 2. The molecule has 1 aromatic heterocycles. The molecule has 1 aliphatic heterocycles. The van der Waals surface area contributed by atoms with E-state index in [2.05, 4.69) is 22.1 Å². The van der Waals surface area contributed by atoms with Gasteiger partial charge in [-0.3, -0.25) is 9.98 Å². The summed E-state index contributed by atoms with van der Waals surface area (Å²) < 4.78 is 0. The van der Waals surface area contributed by atoms with E-state index in [9.17, 15) is 0 Å². The Balaban J connectivity index is 2.21. The van der Waals surface area contributed by atoms with Gasteiger partial charge in [0.05, 0.1) is 5.69 Å². The zero-order valence-corrected chi connectivity index (χ0v) is 7.07. The molecule has 0 fully saturated rings. The minimum absolute atomic E-state index is 0.967. The van der Waals surface area contributed by atoms with Crippen molar-refractivity contribution < 1.29 is 0 Å². The van der Waals surface area contributed by atoms with Crippen LogP contribution in [0.2, 0.25) is 0 Å². The summed E-state index contributed by atoms with van der Waals surface area (Å²) >= 11 is 0. The van der Waals surface area contributed by atoms with Crippen LogP contribution in [0.4, 0.5) is 0 Å². The number of pyridine rings is 1. The SMILES string of the molecule is C1=NC=C2Cc3cccnc3C=C12. The normalized spacial score (nSPS) is 17.5. The Hall–Kier alpha value is -1.70. The Morgan fingerprint density at radius 3 is 3.31 bits per heavy atom. The van der Waals surface area contributed by atoms with Crippen molar-refractivity contribution >= 4 is 12.3 Å². The lowest BCUT2D eigenvalue weighted by Gasteiger charge is -2.12. The molecular formula is C11H8N2. The van der Waals surface area contributed by atoms with Gasteiger partial charge in [-0.15, -0.1) is 0 Å². The van der Waals surface area contributed by atoms with Gasteiger partial charge in [-0.25, -0.2) is 0 Å². The summed E-state index contributed by atoms with van der Waals surface area (Å²) in [5.41, 5.74) is 4.90. The molecule has 62 valence electrons. The van der Waals surface area contributed by atoms with Crippen LogP contribution in [0.25, 0.3) is 6.08 Å². The van der Waals surface area contributed by atoms with Crippen molar-refractivity contribution in [3.05, 3.63) is 46.9 Å². The predicted molar refractivity (Wildman–Crippen MR) is 52.5 cm³/mol. The highest BCUT2D eigenvalue weighted by atomic mass is 14.7. The van der Waals surface area contributed by atoms with Crippen LogP contribution in [0.15, 0.2) is 40.7 Å². The Labute approximate surface area is 76.3 Å². The van der Waals surface area contributed by atoms with Gasteiger partial charge in [0.15, 0.2) is 0 Å². The predicted octanol–water partition coefficient (Wildman–Crippen LogP) is 1.99. The fourth-order valence-corrected chi connectivity index (χ4v) is 1.73. The molecule has 2 aliphatic rings. The van der Waals surface area contributed by atoms with Crippen LogP contribution in [0, 0.1) is 0 Å². The van der Waals surface area contributed by atoms with E-state index in [4.69, 9.17) is 0 Å². The molecule has 2 nitrogen and oxygen atoms in total. The number of aliphatic imine (C=N–C) groups is 1. The van der Waals surface area contributed by atoms with Crippen LogP contribution in [-0.2, 0) is 6.42 Å². The molecule has 2 heteroatoms. The second-order valence-corrected chi connectivity index (χ2v) is 3.26. The first kappa shape index (κ1) is 6.78. The fourth-order valence-electron chi connectivity index (χ4n) is 1.73. The molecule has 1 aromatic rings. The second kappa shape index (κ2) is 2.39. The summed E-state index contributed by atoms with van der Waals surface area (Å²) in [7, 11) is 0. The minimum atomic E-state index is 0.967. The van der Waals surface area contributed by atoms with Crippen molar-refractivity contribution in [1.82, 2.24) is 4.98 Å². The third-order valence-electron chi connectivity index (χ3n) is 2.41. The molecule has 0 bridgehead atoms. The van der Waals surface area contributed by atoms with Crippen LogP contribution < -0.4 is 0 Å². The molecule has 0 N–H and O–H groups in total. The van der Waals surface area contributed by atoms with Crippen molar-refractivity contribution in [3.63, 3.8) is 0 Å². The van der Waals surface area contributed by atoms with E-state index in [-0.39, 0.29) is 0 Å². The zero-order valence-electron chi connectivity index (χ0n) is 7.07. The molecule has 13 heavy (non-hydrogen) atoms. The van der Waals surface area contributed by atoms with Gasteiger partial charge in [-0.05, 0) is 28.9 Å². The maximum absolute atomic E-state index is 4.31. The molecule has 0 spiro atoms. The van der Waals surface area contributed by atoms with E-state index in [1.54, 1.807) is 0 Å². The highest BCUT2D eigenvalue weighted by Crippen LogP contribution is 2.27. The second-order valence-electron chi connectivity index (χ2n) is 3.26. The first-order valence-electron chi connectivity index (χ1n) is 4.32. The highest BCUT2D eigenvalue weighted by molar-refractivity contribution is 5.95. The van der Waals surface area contributed by atoms with Crippen molar-refractivity contribution in [3.8, 4) is 0 Å². The Morgan fingerprint density at radius 2 is 2.31 bits per heavy atom. The third kappa shape index (κ3) is 0.952. The standard InChI is InChI=1S/C11H8N2/c1-2-8-4-9-6-12-7-10(9)5-11(8)13-3-1/h1-3,5-7H,4H2. The Bertz CT molecular complexity index is 453. The van der Waals surface area contributed by atoms with E-state index >= 15 is 0 Å². The lowest BCUT2D eigenvalue weighted by atomic mass is 9.93. The molecule has 0 unspecified atom stereocenters. The van der Waals surface area contributed by atoms with Gasteiger partial charge in [0.1, 0.15) is 0 Å². The maximum atomic E-state index is 4.31. The van der Waals surface area contributed by atoms with Crippen LogP contribution in [0.5, 0.6) is 0 Å². The quantitative estimate of drug-likeness (QED) is 0.581. The van der Waals surface area contributed by atoms with E-state index in [0.29, 0.717) is 0 Å². The number of fused-ring (bicyclic) bond motifs is 2. The van der Waals surface area contributed by atoms with Gasteiger partial charge in [-0.1, -0.05) is 6.07 Å². The number of hydrogen-bond donors (Lipinski definition) is 0. The van der Waals surface area contributed by atoms with E-state index < -0.39 is 0 Å². The summed E-state index contributed by atoms with van der Waals surface area (Å²) in [5.74, 6) is 0. The lowest BCUT2D eigenvalue weighted by Crippen LogP contribution is -2.02. The number of nitrogens with zero attached hydrogens (tertiary/aromatic N) is 2. The molecule has 0 radical (unpaired) electrons. The van der Waals surface area contributed by atoms with Gasteiger partial charge in [-0.2, -0.15) is 0 Å². The average molecular weight is 168 g/mol. The molecule has 0 saturated carbocycles. The largest absolute Gasteiger partial charge is 0.264 e. The zero-order chi connectivity index (χ0) is 8.67. The van der Waals surface area contributed by atoms with Crippen molar-refractivity contribution in [2.24, 2.45) is 4.99 Å². The van der Waals surface area contributed by atoms with E-state index in [0.717, 1.165) is 12.1 Å². The van der Waals surface area contributed by atoms with E-state index in [1.165, 1.54) is 16.7 Å². The molecule has 2 heterocycles. The number of allylic oxidation sites excluding steroid dienone is 2. The summed E-state index contributed by atoms with van der Waals surface area (Å²) in [6, 6.07) is 4.10. The Kier molecular flexibility index (Phi) is 1.25. The van der Waals surface area contributed by atoms with Crippen LogP contribution in [-0.4, -0.2) is 11.2 Å². The smallest absolute Gasteiger partial charge is 0.0671 e. The van der Waals surface area contributed by atoms with Gasteiger partial charge in [0.2, 0.25) is 0 Å². The molecule has 3 rings (SSSR count). The Morgan fingerprint density at radius 1 is 1.31 bits per heavy atom.